The van der Waals surface area contributed by atoms with E-state index in [0.29, 0.717) is 5.88 Å². The minimum absolute atomic E-state index is 0.646. The highest BCUT2D eigenvalue weighted by molar-refractivity contribution is 6.18. The van der Waals surface area contributed by atoms with Crippen LogP contribution in [0.3, 0.4) is 0 Å². The van der Waals surface area contributed by atoms with Crippen LogP contribution >= 0.6 is 11.6 Å². The predicted octanol–water partition coefficient (Wildman–Crippen LogP) is 2.95. The van der Waals surface area contributed by atoms with E-state index in [0.717, 1.165) is 12.2 Å². The SMILES string of the molecule is Cc1cc(C)cc(NCCCl)c1. The monoisotopic (exact) mass is 183 g/mol. The Kier molecular flexibility index (Phi) is 3.42. The molecule has 1 aromatic rings. The van der Waals surface area contributed by atoms with Crippen LogP contribution in [0.4, 0.5) is 5.69 Å². The molecule has 0 bridgehead atoms. The zero-order valence-electron chi connectivity index (χ0n) is 7.52. The van der Waals surface area contributed by atoms with Gasteiger partial charge >= 0.3 is 0 Å². The van der Waals surface area contributed by atoms with E-state index in [1.807, 2.05) is 0 Å². The second kappa shape index (κ2) is 4.36. The van der Waals surface area contributed by atoms with Crippen molar-refractivity contribution >= 4 is 17.3 Å². The van der Waals surface area contributed by atoms with E-state index in [1.165, 1.54) is 11.1 Å². The molecule has 1 rings (SSSR count). The van der Waals surface area contributed by atoms with E-state index >= 15 is 0 Å². The van der Waals surface area contributed by atoms with Crippen molar-refractivity contribution in [3.05, 3.63) is 29.3 Å². The molecule has 0 aliphatic carbocycles. The average Bonchev–Trinajstić information content (AvgIpc) is 1.99. The molecule has 1 nitrogen and oxygen atoms in total. The first kappa shape index (κ1) is 9.40. The molecule has 0 spiro atoms. The van der Waals surface area contributed by atoms with Gasteiger partial charge in [0.2, 0.25) is 0 Å². The molecule has 0 saturated heterocycles. The second-order valence-corrected chi connectivity index (χ2v) is 3.37. The molecule has 66 valence electrons. The van der Waals surface area contributed by atoms with Crippen LogP contribution in [0.5, 0.6) is 0 Å². The summed E-state index contributed by atoms with van der Waals surface area (Å²) >= 11 is 5.57. The quantitative estimate of drug-likeness (QED) is 0.711. The summed E-state index contributed by atoms with van der Waals surface area (Å²) in [5.74, 6) is 0.646. The highest BCUT2D eigenvalue weighted by Gasteiger charge is 1.93. The summed E-state index contributed by atoms with van der Waals surface area (Å²) in [5, 5.41) is 3.24. The fourth-order valence-corrected chi connectivity index (χ4v) is 1.36. The molecule has 2 heteroatoms. The Labute approximate surface area is 78.7 Å². The van der Waals surface area contributed by atoms with Crippen LogP contribution in [-0.2, 0) is 0 Å². The highest BCUT2D eigenvalue weighted by Crippen LogP contribution is 2.13. The lowest BCUT2D eigenvalue weighted by molar-refractivity contribution is 1.21. The van der Waals surface area contributed by atoms with Crippen molar-refractivity contribution in [3.63, 3.8) is 0 Å². The number of anilines is 1. The molecule has 1 aromatic carbocycles. The number of benzene rings is 1. The largest absolute Gasteiger partial charge is 0.384 e. The van der Waals surface area contributed by atoms with E-state index in [-0.39, 0.29) is 0 Å². The van der Waals surface area contributed by atoms with Crippen LogP contribution in [0.25, 0.3) is 0 Å². The van der Waals surface area contributed by atoms with E-state index in [2.05, 4.69) is 37.4 Å². The van der Waals surface area contributed by atoms with Crippen molar-refractivity contribution in [1.82, 2.24) is 0 Å². The van der Waals surface area contributed by atoms with Gasteiger partial charge in [0.15, 0.2) is 0 Å². The molecule has 12 heavy (non-hydrogen) atoms. The standard InChI is InChI=1S/C10H14ClN/c1-8-5-9(2)7-10(6-8)12-4-3-11/h5-7,12H,3-4H2,1-2H3. The van der Waals surface area contributed by atoms with Gasteiger partial charge in [0, 0.05) is 18.1 Å². The smallest absolute Gasteiger partial charge is 0.0396 e. The maximum atomic E-state index is 5.57. The fraction of sp³-hybridized carbons (Fsp3) is 0.400. The molecular formula is C10H14ClN. The second-order valence-electron chi connectivity index (χ2n) is 2.99. The number of halogens is 1. The summed E-state index contributed by atoms with van der Waals surface area (Å²) in [4.78, 5) is 0. The molecule has 0 amide bonds. The number of rotatable bonds is 3. The van der Waals surface area contributed by atoms with Gasteiger partial charge in [0.1, 0.15) is 0 Å². The third-order valence-electron chi connectivity index (χ3n) is 1.65. The van der Waals surface area contributed by atoms with Crippen LogP contribution < -0.4 is 5.32 Å². The first-order valence-electron chi connectivity index (χ1n) is 4.10. The minimum Gasteiger partial charge on any atom is -0.384 e. The number of aryl methyl sites for hydroxylation is 2. The first-order chi connectivity index (χ1) is 5.72. The van der Waals surface area contributed by atoms with Gasteiger partial charge in [-0.25, -0.2) is 0 Å². The zero-order valence-corrected chi connectivity index (χ0v) is 8.28. The van der Waals surface area contributed by atoms with Crippen LogP contribution in [0.15, 0.2) is 18.2 Å². The molecule has 0 atom stereocenters. The van der Waals surface area contributed by atoms with Crippen LogP contribution in [0.1, 0.15) is 11.1 Å². The summed E-state index contributed by atoms with van der Waals surface area (Å²) < 4.78 is 0. The Balaban J connectivity index is 2.72. The van der Waals surface area contributed by atoms with E-state index in [1.54, 1.807) is 0 Å². The van der Waals surface area contributed by atoms with Gasteiger partial charge in [-0.05, 0) is 37.1 Å². The van der Waals surface area contributed by atoms with Gasteiger partial charge in [0.25, 0.3) is 0 Å². The Morgan fingerprint density at radius 2 is 1.75 bits per heavy atom. The van der Waals surface area contributed by atoms with E-state index in [4.69, 9.17) is 11.6 Å². The Bertz CT molecular complexity index is 238. The van der Waals surface area contributed by atoms with Gasteiger partial charge in [-0.15, -0.1) is 11.6 Å². The van der Waals surface area contributed by atoms with Crippen molar-refractivity contribution in [2.75, 3.05) is 17.7 Å². The molecule has 1 N–H and O–H groups in total. The van der Waals surface area contributed by atoms with Gasteiger partial charge in [0.05, 0.1) is 0 Å². The maximum absolute atomic E-state index is 5.57. The van der Waals surface area contributed by atoms with Crippen LogP contribution in [0.2, 0.25) is 0 Å². The average molecular weight is 184 g/mol. The number of hydrogen-bond acceptors (Lipinski definition) is 1. The topological polar surface area (TPSA) is 12.0 Å². The molecule has 0 saturated carbocycles. The number of nitrogens with one attached hydrogen (secondary N) is 1. The van der Waals surface area contributed by atoms with Crippen LogP contribution in [0, 0.1) is 13.8 Å². The third-order valence-corrected chi connectivity index (χ3v) is 1.83. The Hall–Kier alpha value is -0.690. The lowest BCUT2D eigenvalue weighted by Crippen LogP contribution is -2.02. The summed E-state index contributed by atoms with van der Waals surface area (Å²) in [6.45, 7) is 5.02. The Morgan fingerprint density at radius 3 is 2.25 bits per heavy atom. The minimum atomic E-state index is 0.646. The van der Waals surface area contributed by atoms with Crippen molar-refractivity contribution in [3.8, 4) is 0 Å². The normalized spacial score (nSPS) is 9.92. The van der Waals surface area contributed by atoms with Crippen molar-refractivity contribution in [2.24, 2.45) is 0 Å². The molecule has 0 aromatic heterocycles. The summed E-state index contributed by atoms with van der Waals surface area (Å²) in [6, 6.07) is 6.41. The fourth-order valence-electron chi connectivity index (χ4n) is 1.27. The van der Waals surface area contributed by atoms with Crippen LogP contribution in [-0.4, -0.2) is 12.4 Å². The lowest BCUT2D eigenvalue weighted by atomic mass is 10.1. The Morgan fingerprint density at radius 1 is 1.17 bits per heavy atom. The van der Waals surface area contributed by atoms with Crippen molar-refractivity contribution < 1.29 is 0 Å². The van der Waals surface area contributed by atoms with Gasteiger partial charge in [-0.3, -0.25) is 0 Å². The first-order valence-corrected chi connectivity index (χ1v) is 4.64. The van der Waals surface area contributed by atoms with E-state index in [9.17, 15) is 0 Å². The molecule has 0 heterocycles. The number of hydrogen-bond donors (Lipinski definition) is 1. The van der Waals surface area contributed by atoms with Gasteiger partial charge in [-0.2, -0.15) is 0 Å². The molecule has 0 radical (unpaired) electrons. The van der Waals surface area contributed by atoms with E-state index < -0.39 is 0 Å². The molecule has 0 unspecified atom stereocenters. The molecular weight excluding hydrogens is 170 g/mol. The van der Waals surface area contributed by atoms with Gasteiger partial charge < -0.3 is 5.32 Å². The van der Waals surface area contributed by atoms with Crippen molar-refractivity contribution in [1.29, 1.82) is 0 Å². The summed E-state index contributed by atoms with van der Waals surface area (Å²) in [5.41, 5.74) is 3.73. The van der Waals surface area contributed by atoms with Crippen molar-refractivity contribution in [2.45, 2.75) is 13.8 Å². The molecule has 0 aliphatic heterocycles. The highest BCUT2D eigenvalue weighted by atomic mass is 35.5. The summed E-state index contributed by atoms with van der Waals surface area (Å²) in [6.07, 6.45) is 0. The molecule has 0 fully saturated rings. The maximum Gasteiger partial charge on any atom is 0.0396 e. The predicted molar refractivity (Wildman–Crippen MR) is 55.1 cm³/mol. The summed E-state index contributed by atoms with van der Waals surface area (Å²) in [7, 11) is 0. The zero-order chi connectivity index (χ0) is 8.97. The number of alkyl halides is 1. The molecule has 0 aliphatic rings. The lowest BCUT2D eigenvalue weighted by Gasteiger charge is -2.06. The van der Waals surface area contributed by atoms with Gasteiger partial charge in [-0.1, -0.05) is 6.07 Å². The third kappa shape index (κ3) is 2.74.